The van der Waals surface area contributed by atoms with Gasteiger partial charge >= 0.3 is 0 Å². The minimum atomic E-state index is -0.122. The smallest absolute Gasteiger partial charge is 0.255 e. The van der Waals surface area contributed by atoms with E-state index in [1.54, 1.807) is 6.07 Å². The Hall–Kier alpha value is -2.47. The molecular weight excluding hydrogens is 310 g/mol. The number of carbonyl (C=O) groups excluding carboxylic acids is 1. The fourth-order valence-electron chi connectivity index (χ4n) is 2.20. The maximum absolute atomic E-state index is 12.4. The van der Waals surface area contributed by atoms with Crippen LogP contribution in [0.25, 0.3) is 10.7 Å². The zero-order valence-electron chi connectivity index (χ0n) is 13.2. The number of hydrogen-bond acceptors (Lipinski definition) is 5. The molecule has 3 aromatic rings. The number of hydrogen-bond donors (Lipinski definition) is 1. The van der Waals surface area contributed by atoms with Crippen LogP contribution in [-0.4, -0.2) is 16.0 Å². The summed E-state index contributed by atoms with van der Waals surface area (Å²) in [4.78, 5) is 18.6. The average molecular weight is 327 g/mol. The summed E-state index contributed by atoms with van der Waals surface area (Å²) in [7, 11) is 0. The highest BCUT2D eigenvalue weighted by Gasteiger charge is 2.15. The summed E-state index contributed by atoms with van der Waals surface area (Å²) in [5.41, 5.74) is 2.48. The first-order chi connectivity index (χ1) is 11.1. The zero-order valence-corrected chi connectivity index (χ0v) is 14.0. The number of benzene rings is 1. The van der Waals surface area contributed by atoms with Gasteiger partial charge in [-0.1, -0.05) is 29.8 Å². The van der Waals surface area contributed by atoms with Gasteiger partial charge in [-0.05, 0) is 32.0 Å². The third-order valence-electron chi connectivity index (χ3n) is 3.44. The highest BCUT2D eigenvalue weighted by Crippen LogP contribution is 2.33. The van der Waals surface area contributed by atoms with Crippen molar-refractivity contribution in [3.63, 3.8) is 0 Å². The first-order valence-electron chi connectivity index (χ1n) is 7.38. The van der Waals surface area contributed by atoms with E-state index in [0.29, 0.717) is 23.7 Å². The number of nitrogens with one attached hydrogen (secondary N) is 1. The van der Waals surface area contributed by atoms with E-state index >= 15 is 0 Å². The van der Waals surface area contributed by atoms with Crippen LogP contribution in [0.4, 0.5) is 5.69 Å². The quantitative estimate of drug-likeness (QED) is 0.778. The minimum Gasteiger partial charge on any atom is -0.339 e. The third kappa shape index (κ3) is 3.32. The lowest BCUT2D eigenvalue weighted by Crippen LogP contribution is -2.11. The van der Waals surface area contributed by atoms with Gasteiger partial charge in [0, 0.05) is 16.9 Å². The number of anilines is 1. The topological polar surface area (TPSA) is 68.0 Å². The SMILES string of the molecule is CCc1nc(-c2cc(NC(=O)c3cccc(C)c3)c(C)s2)no1. The Morgan fingerprint density at radius 2 is 2.13 bits per heavy atom. The summed E-state index contributed by atoms with van der Waals surface area (Å²) >= 11 is 1.53. The largest absolute Gasteiger partial charge is 0.339 e. The molecular formula is C17H17N3O2S. The molecule has 3 rings (SSSR count). The Balaban J connectivity index is 1.82. The minimum absolute atomic E-state index is 0.122. The van der Waals surface area contributed by atoms with Crippen LogP contribution in [0.5, 0.6) is 0 Å². The van der Waals surface area contributed by atoms with Crippen molar-refractivity contribution in [2.24, 2.45) is 0 Å². The number of carbonyl (C=O) groups is 1. The second-order valence-corrected chi connectivity index (χ2v) is 6.53. The van der Waals surface area contributed by atoms with Crippen LogP contribution in [0.1, 0.15) is 33.6 Å². The zero-order chi connectivity index (χ0) is 16.4. The van der Waals surface area contributed by atoms with Crippen LogP contribution in [0.3, 0.4) is 0 Å². The molecule has 1 aromatic carbocycles. The molecule has 0 spiro atoms. The Kier molecular flexibility index (Phi) is 4.25. The van der Waals surface area contributed by atoms with E-state index in [1.807, 2.05) is 45.0 Å². The van der Waals surface area contributed by atoms with Gasteiger partial charge < -0.3 is 9.84 Å². The van der Waals surface area contributed by atoms with Crippen molar-refractivity contribution in [3.05, 3.63) is 52.2 Å². The number of rotatable bonds is 4. The number of thiophene rings is 1. The molecule has 0 unspecified atom stereocenters. The maximum Gasteiger partial charge on any atom is 0.255 e. The van der Waals surface area contributed by atoms with Crippen LogP contribution in [-0.2, 0) is 6.42 Å². The molecule has 118 valence electrons. The molecule has 0 saturated carbocycles. The van der Waals surface area contributed by atoms with Crippen molar-refractivity contribution in [3.8, 4) is 10.7 Å². The predicted octanol–water partition coefficient (Wildman–Crippen LogP) is 4.23. The van der Waals surface area contributed by atoms with Crippen LogP contribution < -0.4 is 5.32 Å². The van der Waals surface area contributed by atoms with Gasteiger partial charge in [-0.15, -0.1) is 11.3 Å². The van der Waals surface area contributed by atoms with Gasteiger partial charge in [0.2, 0.25) is 11.7 Å². The second kappa shape index (κ2) is 6.34. The lowest BCUT2D eigenvalue weighted by atomic mass is 10.1. The van der Waals surface area contributed by atoms with Gasteiger partial charge in [0.05, 0.1) is 10.6 Å². The van der Waals surface area contributed by atoms with E-state index in [1.165, 1.54) is 11.3 Å². The summed E-state index contributed by atoms with van der Waals surface area (Å²) in [6.45, 7) is 5.89. The predicted molar refractivity (Wildman–Crippen MR) is 90.9 cm³/mol. The van der Waals surface area contributed by atoms with E-state index in [0.717, 1.165) is 21.0 Å². The van der Waals surface area contributed by atoms with Crippen molar-refractivity contribution < 1.29 is 9.32 Å². The van der Waals surface area contributed by atoms with Crippen molar-refractivity contribution in [1.82, 2.24) is 10.1 Å². The highest BCUT2D eigenvalue weighted by atomic mass is 32.1. The van der Waals surface area contributed by atoms with Crippen molar-refractivity contribution in [1.29, 1.82) is 0 Å². The Morgan fingerprint density at radius 1 is 1.30 bits per heavy atom. The Bertz CT molecular complexity index is 851. The molecule has 0 atom stereocenters. The van der Waals surface area contributed by atoms with Gasteiger partial charge in [0.15, 0.2) is 0 Å². The summed E-state index contributed by atoms with van der Waals surface area (Å²) < 4.78 is 5.14. The number of aromatic nitrogens is 2. The van der Waals surface area contributed by atoms with Crippen LogP contribution >= 0.6 is 11.3 Å². The van der Waals surface area contributed by atoms with Gasteiger partial charge in [0.1, 0.15) is 0 Å². The van der Waals surface area contributed by atoms with E-state index < -0.39 is 0 Å². The van der Waals surface area contributed by atoms with Crippen molar-refractivity contribution in [2.75, 3.05) is 5.32 Å². The van der Waals surface area contributed by atoms with Crippen LogP contribution in [0.15, 0.2) is 34.9 Å². The summed E-state index contributed by atoms with van der Waals surface area (Å²) in [5, 5.41) is 6.92. The fourth-order valence-corrected chi connectivity index (χ4v) is 3.10. The number of amides is 1. The molecule has 0 radical (unpaired) electrons. The van der Waals surface area contributed by atoms with Gasteiger partial charge in [-0.3, -0.25) is 4.79 Å². The first-order valence-corrected chi connectivity index (χ1v) is 8.20. The molecule has 0 aliphatic carbocycles. The molecule has 6 heteroatoms. The van der Waals surface area contributed by atoms with Crippen LogP contribution in [0.2, 0.25) is 0 Å². The normalized spacial score (nSPS) is 10.7. The van der Waals surface area contributed by atoms with Gasteiger partial charge in [0.25, 0.3) is 5.91 Å². The molecule has 0 aliphatic heterocycles. The first kappa shape index (κ1) is 15.4. The lowest BCUT2D eigenvalue weighted by Gasteiger charge is -2.04. The van der Waals surface area contributed by atoms with E-state index in [2.05, 4.69) is 15.5 Å². The second-order valence-electron chi connectivity index (χ2n) is 5.27. The number of aryl methyl sites for hydroxylation is 3. The van der Waals surface area contributed by atoms with Crippen molar-refractivity contribution in [2.45, 2.75) is 27.2 Å². The maximum atomic E-state index is 12.4. The third-order valence-corrected chi connectivity index (χ3v) is 4.48. The molecule has 23 heavy (non-hydrogen) atoms. The molecule has 0 fully saturated rings. The molecule has 0 bridgehead atoms. The molecule has 0 saturated heterocycles. The standard InChI is InChI=1S/C17H17N3O2S/c1-4-15-19-16(20-22-15)14-9-13(11(3)23-14)18-17(21)12-7-5-6-10(2)8-12/h5-9H,4H2,1-3H3,(H,18,21). The van der Waals surface area contributed by atoms with Gasteiger partial charge in [-0.25, -0.2) is 0 Å². The monoisotopic (exact) mass is 327 g/mol. The highest BCUT2D eigenvalue weighted by molar-refractivity contribution is 7.16. The van der Waals surface area contributed by atoms with E-state index in [9.17, 15) is 4.79 Å². The average Bonchev–Trinajstić information content (AvgIpc) is 3.14. The summed E-state index contributed by atoms with van der Waals surface area (Å²) in [6.07, 6.45) is 0.703. The van der Waals surface area contributed by atoms with E-state index in [-0.39, 0.29) is 5.91 Å². The van der Waals surface area contributed by atoms with Crippen molar-refractivity contribution >= 4 is 22.9 Å². The Labute approximate surface area is 138 Å². The lowest BCUT2D eigenvalue weighted by molar-refractivity contribution is 0.102. The van der Waals surface area contributed by atoms with Gasteiger partial charge in [-0.2, -0.15) is 4.98 Å². The fraction of sp³-hybridized carbons (Fsp3) is 0.235. The molecule has 2 aromatic heterocycles. The van der Waals surface area contributed by atoms with E-state index in [4.69, 9.17) is 4.52 Å². The summed E-state index contributed by atoms with van der Waals surface area (Å²) in [6, 6.07) is 9.40. The van der Waals surface area contributed by atoms with Crippen LogP contribution in [0, 0.1) is 13.8 Å². The molecule has 2 heterocycles. The molecule has 1 amide bonds. The molecule has 0 aliphatic rings. The summed E-state index contributed by atoms with van der Waals surface area (Å²) in [5.74, 6) is 1.05. The Morgan fingerprint density at radius 3 is 2.83 bits per heavy atom. The molecule has 1 N–H and O–H groups in total. The molecule has 5 nitrogen and oxygen atoms in total. The number of nitrogens with zero attached hydrogens (tertiary/aromatic N) is 2.